The van der Waals surface area contributed by atoms with E-state index in [9.17, 15) is 14.4 Å². The number of benzene rings is 1. The molecule has 3 saturated carbocycles. The van der Waals surface area contributed by atoms with Crippen molar-refractivity contribution in [3.05, 3.63) is 20.1 Å². The van der Waals surface area contributed by atoms with E-state index in [-0.39, 0.29) is 22.6 Å². The van der Waals surface area contributed by atoms with E-state index in [0.717, 1.165) is 29.6 Å². The standard InChI is InChI=1S/C19H16Br2N2O4/c1-6(16(24)22-19-3-2-7-4-8(5-19)11(7)19)23-17(25)9-10(18(23)26)15-13(21)12(20)14(9)27-15/h6-8,11H,2-5H2,1H3,(H,22,24). The predicted molar refractivity (Wildman–Crippen MR) is 103 cm³/mol. The monoisotopic (exact) mass is 494 g/mol. The van der Waals surface area contributed by atoms with E-state index in [1.807, 2.05) is 0 Å². The first-order chi connectivity index (χ1) is 12.8. The van der Waals surface area contributed by atoms with Crippen LogP contribution in [-0.4, -0.2) is 34.2 Å². The second-order valence-corrected chi connectivity index (χ2v) is 10.1. The third-order valence-electron chi connectivity index (χ3n) is 7.35. The van der Waals surface area contributed by atoms with Gasteiger partial charge in [-0.25, -0.2) is 0 Å². The molecule has 1 N–H and O–H groups in total. The molecule has 0 saturated heterocycles. The van der Waals surface area contributed by atoms with Gasteiger partial charge >= 0.3 is 0 Å². The Kier molecular flexibility index (Phi) is 3.03. The minimum absolute atomic E-state index is 0.0971. The minimum atomic E-state index is -0.846. The first kappa shape index (κ1) is 16.5. The SMILES string of the molecule is CC(C(=O)NC12CCC3CC(C1)C32)N1C(=O)c2c(c3oc2c(Br)c3Br)C1=O. The summed E-state index contributed by atoms with van der Waals surface area (Å²) in [5.74, 6) is 0.954. The molecule has 27 heavy (non-hydrogen) atoms. The van der Waals surface area contributed by atoms with Crippen LogP contribution in [0.2, 0.25) is 0 Å². The summed E-state index contributed by atoms with van der Waals surface area (Å²) in [7, 11) is 0. The number of imide groups is 1. The maximum absolute atomic E-state index is 13.0. The molecule has 5 unspecified atom stereocenters. The first-order valence-electron chi connectivity index (χ1n) is 9.27. The molecule has 4 aliphatic rings. The number of carbonyl (C=O) groups is 3. The van der Waals surface area contributed by atoms with E-state index in [1.54, 1.807) is 6.92 Å². The molecular weight excluding hydrogens is 480 g/mol. The van der Waals surface area contributed by atoms with E-state index in [0.29, 0.717) is 26.0 Å². The molecule has 2 aromatic heterocycles. The van der Waals surface area contributed by atoms with Gasteiger partial charge in [0.15, 0.2) is 11.2 Å². The van der Waals surface area contributed by atoms with Gasteiger partial charge < -0.3 is 9.73 Å². The Morgan fingerprint density at radius 2 is 1.81 bits per heavy atom. The fraction of sp³-hybridized carbons (Fsp3) is 0.526. The van der Waals surface area contributed by atoms with Crippen LogP contribution in [0.5, 0.6) is 0 Å². The highest BCUT2D eigenvalue weighted by molar-refractivity contribution is 9.13. The molecule has 3 aliphatic carbocycles. The zero-order valence-corrected chi connectivity index (χ0v) is 17.6. The molecule has 0 spiro atoms. The summed E-state index contributed by atoms with van der Waals surface area (Å²) < 4.78 is 6.83. The Morgan fingerprint density at radius 1 is 1.19 bits per heavy atom. The van der Waals surface area contributed by atoms with Crippen molar-refractivity contribution in [2.75, 3.05) is 0 Å². The first-order valence-corrected chi connectivity index (χ1v) is 10.9. The molecule has 2 bridgehead atoms. The number of halogens is 2. The third-order valence-corrected chi connectivity index (χ3v) is 9.40. The van der Waals surface area contributed by atoms with Gasteiger partial charge in [-0.1, -0.05) is 0 Å². The summed E-state index contributed by atoms with van der Waals surface area (Å²) >= 11 is 6.75. The lowest BCUT2D eigenvalue weighted by molar-refractivity contribution is -0.136. The lowest BCUT2D eigenvalue weighted by atomic mass is 9.48. The Balaban J connectivity index is 1.29. The summed E-state index contributed by atoms with van der Waals surface area (Å²) in [6, 6.07) is -0.846. The van der Waals surface area contributed by atoms with Crippen LogP contribution >= 0.6 is 31.9 Å². The number of furan rings is 2. The van der Waals surface area contributed by atoms with Crippen LogP contribution in [0.1, 0.15) is 53.3 Å². The average Bonchev–Trinajstić information content (AvgIpc) is 3.21. The number of hydrogen-bond donors (Lipinski definition) is 1. The van der Waals surface area contributed by atoms with Gasteiger partial charge in [0.05, 0.1) is 8.95 Å². The quantitative estimate of drug-likeness (QED) is 0.658. The minimum Gasteiger partial charge on any atom is -0.453 e. The van der Waals surface area contributed by atoms with Crippen LogP contribution < -0.4 is 5.32 Å². The van der Waals surface area contributed by atoms with Gasteiger partial charge in [-0.3, -0.25) is 19.3 Å². The molecule has 0 radical (unpaired) electrons. The molecule has 2 aromatic rings. The largest absolute Gasteiger partial charge is 0.453 e. The van der Waals surface area contributed by atoms with Crippen LogP contribution in [0.25, 0.3) is 11.2 Å². The third kappa shape index (κ3) is 1.75. The number of fused-ring (bicyclic) bond motifs is 5. The van der Waals surface area contributed by atoms with E-state index in [1.165, 1.54) is 12.8 Å². The number of nitrogens with one attached hydrogen (secondary N) is 1. The number of rotatable bonds is 3. The Labute approximate surface area is 171 Å². The van der Waals surface area contributed by atoms with Crippen molar-refractivity contribution in [1.82, 2.24) is 10.2 Å². The Bertz CT molecular complexity index is 1010. The smallest absolute Gasteiger partial charge is 0.266 e. The normalized spacial score (nSPS) is 34.5. The lowest BCUT2D eigenvalue weighted by Gasteiger charge is -2.61. The molecule has 1 aliphatic heterocycles. The highest BCUT2D eigenvalue weighted by Gasteiger charge is 2.67. The van der Waals surface area contributed by atoms with E-state index in [4.69, 9.17) is 4.42 Å². The van der Waals surface area contributed by atoms with Crippen LogP contribution in [-0.2, 0) is 4.79 Å². The zero-order valence-electron chi connectivity index (χ0n) is 14.5. The molecule has 3 heterocycles. The molecule has 6 rings (SSSR count). The summed E-state index contributed by atoms with van der Waals surface area (Å²) in [4.78, 5) is 39.9. The topological polar surface area (TPSA) is 79.6 Å². The van der Waals surface area contributed by atoms with Crippen molar-refractivity contribution in [1.29, 1.82) is 0 Å². The highest BCUT2D eigenvalue weighted by atomic mass is 79.9. The number of nitrogens with zero attached hydrogens (tertiary/aromatic N) is 1. The molecule has 140 valence electrons. The van der Waals surface area contributed by atoms with Crippen LogP contribution in [0.15, 0.2) is 13.4 Å². The van der Waals surface area contributed by atoms with Crippen LogP contribution in [0.4, 0.5) is 0 Å². The van der Waals surface area contributed by atoms with Gasteiger partial charge in [-0.2, -0.15) is 0 Å². The van der Waals surface area contributed by atoms with Crippen molar-refractivity contribution >= 4 is 60.7 Å². The maximum Gasteiger partial charge on any atom is 0.266 e. The summed E-state index contributed by atoms with van der Waals surface area (Å²) in [5.41, 5.74) is 1.13. The molecule has 3 amide bonds. The zero-order chi connectivity index (χ0) is 18.8. The lowest BCUT2D eigenvalue weighted by Crippen LogP contribution is -2.68. The molecular formula is C19H16Br2N2O4. The van der Waals surface area contributed by atoms with Gasteiger partial charge in [-0.05, 0) is 82.2 Å². The number of carbonyl (C=O) groups excluding carboxylic acids is 3. The van der Waals surface area contributed by atoms with Gasteiger partial charge in [0.1, 0.15) is 17.2 Å². The average molecular weight is 496 g/mol. The molecule has 8 heteroatoms. The number of hydrogen-bond acceptors (Lipinski definition) is 4. The fourth-order valence-corrected chi connectivity index (χ4v) is 7.05. The van der Waals surface area contributed by atoms with Crippen LogP contribution in [0, 0.1) is 17.8 Å². The van der Waals surface area contributed by atoms with Crippen molar-refractivity contribution < 1.29 is 18.8 Å². The van der Waals surface area contributed by atoms with Gasteiger partial charge in [0.2, 0.25) is 5.91 Å². The van der Waals surface area contributed by atoms with Crippen LogP contribution in [0.3, 0.4) is 0 Å². The summed E-state index contributed by atoms with van der Waals surface area (Å²) in [6.07, 6.45) is 4.53. The predicted octanol–water partition coefficient (Wildman–Crippen LogP) is 3.68. The maximum atomic E-state index is 13.0. The Hall–Kier alpha value is -1.41. The van der Waals surface area contributed by atoms with Gasteiger partial charge in [0, 0.05) is 5.54 Å². The molecule has 5 atom stereocenters. The molecule has 6 nitrogen and oxygen atoms in total. The molecule has 0 aromatic carbocycles. The second kappa shape index (κ2) is 4.95. The van der Waals surface area contributed by atoms with Crippen molar-refractivity contribution in [2.24, 2.45) is 17.8 Å². The van der Waals surface area contributed by atoms with E-state index >= 15 is 0 Å². The second-order valence-electron chi connectivity index (χ2n) is 8.46. The van der Waals surface area contributed by atoms with E-state index < -0.39 is 17.9 Å². The summed E-state index contributed by atoms with van der Waals surface area (Å²) in [5, 5.41) is 3.21. The van der Waals surface area contributed by atoms with Gasteiger partial charge in [-0.15, -0.1) is 0 Å². The summed E-state index contributed by atoms with van der Waals surface area (Å²) in [6.45, 7) is 1.63. The van der Waals surface area contributed by atoms with Gasteiger partial charge in [0.25, 0.3) is 11.8 Å². The van der Waals surface area contributed by atoms with Crippen molar-refractivity contribution in [2.45, 2.75) is 44.2 Å². The Morgan fingerprint density at radius 3 is 2.41 bits per heavy atom. The fourth-order valence-electron chi connectivity index (χ4n) is 6.13. The molecule has 3 fully saturated rings. The number of amides is 3. The highest BCUT2D eigenvalue weighted by Crippen LogP contribution is 2.67. The van der Waals surface area contributed by atoms with Crippen molar-refractivity contribution in [3.8, 4) is 0 Å². The van der Waals surface area contributed by atoms with Crippen molar-refractivity contribution in [3.63, 3.8) is 0 Å². The van der Waals surface area contributed by atoms with E-state index in [2.05, 4.69) is 37.2 Å².